The minimum Gasteiger partial charge on any atom is -0.496 e. The summed E-state index contributed by atoms with van der Waals surface area (Å²) in [6.45, 7) is 0.333. The molecule has 146 valence electrons. The third kappa shape index (κ3) is 3.86. The van der Waals surface area contributed by atoms with Crippen molar-refractivity contribution in [2.45, 2.75) is 6.54 Å². The summed E-state index contributed by atoms with van der Waals surface area (Å²) >= 11 is 0. The number of aromatic nitrogens is 5. The van der Waals surface area contributed by atoms with E-state index in [4.69, 9.17) is 4.74 Å². The Balaban J connectivity index is 1.50. The Morgan fingerprint density at radius 2 is 2.10 bits per heavy atom. The number of rotatable bonds is 6. The van der Waals surface area contributed by atoms with Crippen LogP contribution in [0.1, 0.15) is 16.1 Å². The number of ether oxygens (including phenoxy) is 1. The molecule has 4 aromatic rings. The van der Waals surface area contributed by atoms with Crippen molar-refractivity contribution < 1.29 is 9.53 Å². The van der Waals surface area contributed by atoms with Crippen molar-refractivity contribution in [3.63, 3.8) is 0 Å². The monoisotopic (exact) mass is 388 g/mol. The Bertz CT molecular complexity index is 1150. The van der Waals surface area contributed by atoms with E-state index in [-0.39, 0.29) is 5.91 Å². The molecule has 1 amide bonds. The van der Waals surface area contributed by atoms with E-state index in [0.29, 0.717) is 23.7 Å². The van der Waals surface area contributed by atoms with E-state index in [9.17, 15) is 4.79 Å². The summed E-state index contributed by atoms with van der Waals surface area (Å²) in [7, 11) is 3.46. The molecule has 3 aromatic heterocycles. The second kappa shape index (κ2) is 7.97. The van der Waals surface area contributed by atoms with Crippen LogP contribution in [0, 0.1) is 0 Å². The molecule has 0 saturated heterocycles. The number of aromatic amines is 1. The van der Waals surface area contributed by atoms with Crippen LogP contribution in [0.4, 0.5) is 0 Å². The van der Waals surface area contributed by atoms with E-state index in [2.05, 4.69) is 25.6 Å². The number of carbonyl (C=O) groups is 1. The quantitative estimate of drug-likeness (QED) is 0.529. The fourth-order valence-corrected chi connectivity index (χ4v) is 3.09. The summed E-state index contributed by atoms with van der Waals surface area (Å²) in [4.78, 5) is 17.1. The van der Waals surface area contributed by atoms with Crippen LogP contribution in [0.25, 0.3) is 22.5 Å². The highest BCUT2D eigenvalue weighted by Gasteiger charge is 2.15. The predicted molar refractivity (Wildman–Crippen MR) is 108 cm³/mol. The number of aryl methyl sites for hydroxylation is 1. The minimum atomic E-state index is -0.250. The lowest BCUT2D eigenvalue weighted by Gasteiger charge is -2.08. The molecule has 0 spiro atoms. The van der Waals surface area contributed by atoms with Crippen molar-refractivity contribution in [2.75, 3.05) is 7.11 Å². The third-order valence-electron chi connectivity index (χ3n) is 4.51. The lowest BCUT2D eigenvalue weighted by atomic mass is 10.1. The van der Waals surface area contributed by atoms with Crippen LogP contribution in [-0.2, 0) is 13.6 Å². The van der Waals surface area contributed by atoms with Crippen LogP contribution in [-0.4, -0.2) is 38.0 Å². The fourth-order valence-electron chi connectivity index (χ4n) is 3.09. The van der Waals surface area contributed by atoms with Gasteiger partial charge in [0.25, 0.3) is 5.91 Å². The number of hydrogen-bond acceptors (Lipinski definition) is 5. The molecule has 29 heavy (non-hydrogen) atoms. The number of methoxy groups -OCH3 is 1. The summed E-state index contributed by atoms with van der Waals surface area (Å²) in [5, 5.41) is 14.1. The van der Waals surface area contributed by atoms with E-state index in [0.717, 1.165) is 22.4 Å². The molecule has 3 heterocycles. The third-order valence-corrected chi connectivity index (χ3v) is 4.51. The van der Waals surface area contributed by atoms with E-state index in [1.165, 1.54) is 0 Å². The second-order valence-corrected chi connectivity index (χ2v) is 6.46. The molecule has 8 nitrogen and oxygen atoms in total. The smallest absolute Gasteiger partial charge is 0.269 e. The first-order valence-corrected chi connectivity index (χ1v) is 9.05. The fraction of sp³-hybridized carbons (Fsp3) is 0.143. The van der Waals surface area contributed by atoms with Gasteiger partial charge in [0.1, 0.15) is 11.4 Å². The molecule has 0 aliphatic carbocycles. The van der Waals surface area contributed by atoms with E-state index in [1.807, 2.05) is 49.6 Å². The predicted octanol–water partition coefficient (Wildman–Crippen LogP) is 2.81. The molecular formula is C21H20N6O2. The molecule has 0 fully saturated rings. The topological polar surface area (TPSA) is 97.7 Å². The zero-order chi connectivity index (χ0) is 20.2. The molecule has 0 bridgehead atoms. The van der Waals surface area contributed by atoms with Gasteiger partial charge in [-0.15, -0.1) is 0 Å². The summed E-state index contributed by atoms with van der Waals surface area (Å²) in [5.74, 6) is 0.446. The van der Waals surface area contributed by atoms with E-state index >= 15 is 0 Å². The van der Waals surface area contributed by atoms with Gasteiger partial charge in [-0.2, -0.15) is 10.2 Å². The van der Waals surface area contributed by atoms with Crippen molar-refractivity contribution in [1.29, 1.82) is 0 Å². The number of nitrogens with zero attached hydrogens (tertiary/aromatic N) is 4. The van der Waals surface area contributed by atoms with Gasteiger partial charge in [0.2, 0.25) is 0 Å². The first-order chi connectivity index (χ1) is 14.2. The Labute approximate surface area is 167 Å². The van der Waals surface area contributed by atoms with Gasteiger partial charge in [0.15, 0.2) is 0 Å². The highest BCUT2D eigenvalue weighted by atomic mass is 16.5. The maximum atomic E-state index is 12.6. The van der Waals surface area contributed by atoms with Crippen molar-refractivity contribution in [3.8, 4) is 28.3 Å². The number of nitrogens with one attached hydrogen (secondary N) is 2. The Morgan fingerprint density at radius 3 is 2.90 bits per heavy atom. The first kappa shape index (κ1) is 18.4. The van der Waals surface area contributed by atoms with Crippen LogP contribution < -0.4 is 10.1 Å². The average Bonchev–Trinajstić information content (AvgIpc) is 3.41. The first-order valence-electron chi connectivity index (χ1n) is 9.05. The highest BCUT2D eigenvalue weighted by molar-refractivity contribution is 5.93. The van der Waals surface area contributed by atoms with Gasteiger partial charge in [-0.3, -0.25) is 19.6 Å². The summed E-state index contributed by atoms with van der Waals surface area (Å²) in [6.07, 6.45) is 5.37. The minimum absolute atomic E-state index is 0.250. The molecule has 0 atom stereocenters. The SMILES string of the molecule is COc1ccccc1-c1cc(C(=O)NCc2cccnc2-c2cnn(C)c2)[nH]n1. The van der Waals surface area contributed by atoms with Crippen LogP contribution in [0.2, 0.25) is 0 Å². The van der Waals surface area contributed by atoms with Gasteiger partial charge < -0.3 is 10.1 Å². The molecule has 0 saturated carbocycles. The number of hydrogen-bond donors (Lipinski definition) is 2. The Morgan fingerprint density at radius 1 is 1.24 bits per heavy atom. The molecule has 2 N–H and O–H groups in total. The van der Waals surface area contributed by atoms with Gasteiger partial charge >= 0.3 is 0 Å². The summed E-state index contributed by atoms with van der Waals surface area (Å²) in [6, 6.07) is 13.0. The van der Waals surface area contributed by atoms with Gasteiger partial charge in [0.05, 0.1) is 24.7 Å². The maximum absolute atomic E-state index is 12.6. The van der Waals surface area contributed by atoms with E-state index in [1.54, 1.807) is 30.3 Å². The highest BCUT2D eigenvalue weighted by Crippen LogP contribution is 2.28. The largest absolute Gasteiger partial charge is 0.496 e. The number of amides is 1. The molecule has 4 rings (SSSR count). The zero-order valence-electron chi connectivity index (χ0n) is 16.1. The maximum Gasteiger partial charge on any atom is 0.269 e. The molecule has 0 unspecified atom stereocenters. The van der Waals surface area contributed by atoms with Gasteiger partial charge in [-0.25, -0.2) is 0 Å². The second-order valence-electron chi connectivity index (χ2n) is 6.46. The Hall–Kier alpha value is -3.94. The normalized spacial score (nSPS) is 10.7. The van der Waals surface area contributed by atoms with Crippen molar-refractivity contribution in [2.24, 2.45) is 7.05 Å². The zero-order valence-corrected chi connectivity index (χ0v) is 16.1. The number of carbonyl (C=O) groups excluding carboxylic acids is 1. The van der Waals surface area contributed by atoms with Gasteiger partial charge in [-0.05, 0) is 29.8 Å². The molecule has 0 aliphatic heterocycles. The average molecular weight is 388 g/mol. The van der Waals surface area contributed by atoms with Crippen molar-refractivity contribution in [3.05, 3.63) is 72.3 Å². The number of benzene rings is 1. The molecule has 8 heteroatoms. The van der Waals surface area contributed by atoms with Crippen molar-refractivity contribution >= 4 is 5.91 Å². The summed E-state index contributed by atoms with van der Waals surface area (Å²) in [5.41, 5.74) is 4.43. The van der Waals surface area contributed by atoms with Crippen molar-refractivity contribution in [1.82, 2.24) is 30.3 Å². The number of pyridine rings is 1. The lowest BCUT2D eigenvalue weighted by molar-refractivity contribution is 0.0946. The van der Waals surface area contributed by atoms with Gasteiger partial charge in [-0.1, -0.05) is 18.2 Å². The number of H-pyrrole nitrogens is 1. The molecule has 0 radical (unpaired) electrons. The van der Waals surface area contributed by atoms with Crippen LogP contribution in [0.15, 0.2) is 61.1 Å². The van der Waals surface area contributed by atoms with E-state index < -0.39 is 0 Å². The van der Waals surface area contributed by atoms with Crippen LogP contribution >= 0.6 is 0 Å². The lowest BCUT2D eigenvalue weighted by Crippen LogP contribution is -2.23. The molecular weight excluding hydrogens is 368 g/mol. The van der Waals surface area contributed by atoms with Crippen LogP contribution in [0.3, 0.4) is 0 Å². The summed E-state index contributed by atoms with van der Waals surface area (Å²) < 4.78 is 7.08. The van der Waals surface area contributed by atoms with Gasteiger partial charge in [0, 0.05) is 37.1 Å². The molecule has 1 aromatic carbocycles. The molecule has 0 aliphatic rings. The standard InChI is InChI=1S/C21H20N6O2/c1-27-13-15(12-24-27)20-14(6-5-9-22-20)11-23-21(28)18-10-17(25-26-18)16-7-3-4-8-19(16)29-2/h3-10,12-13H,11H2,1-2H3,(H,23,28)(H,25,26). The number of para-hydroxylation sites is 1. The Kier molecular flexibility index (Phi) is 5.07. The van der Waals surface area contributed by atoms with Crippen LogP contribution in [0.5, 0.6) is 5.75 Å².